The van der Waals surface area contributed by atoms with Crippen LogP contribution in [0.4, 0.5) is 0 Å². The van der Waals surface area contributed by atoms with Gasteiger partial charge in [0.25, 0.3) is 0 Å². The number of nitrogens with one attached hydrogen (secondary N) is 1. The molecule has 7 nitrogen and oxygen atoms in total. The number of aromatic amines is 1. The Morgan fingerprint density at radius 1 is 1.22 bits per heavy atom. The van der Waals surface area contributed by atoms with Crippen LogP contribution in [0.2, 0.25) is 0 Å². The molecular weight excluding hydrogens is 364 g/mol. The van der Waals surface area contributed by atoms with E-state index in [0.29, 0.717) is 29.7 Å². The second kappa shape index (κ2) is 7.92. The summed E-state index contributed by atoms with van der Waals surface area (Å²) in [5, 5.41) is 7.13. The summed E-state index contributed by atoms with van der Waals surface area (Å²) in [5.41, 5.74) is 2.11. The first-order chi connectivity index (χ1) is 13.1. The van der Waals surface area contributed by atoms with Crippen LogP contribution in [0.15, 0.2) is 24.3 Å². The number of ether oxygens (including phenoxy) is 2. The Hall–Kier alpha value is -2.03. The monoisotopic (exact) mass is 388 g/mol. The number of nitrogens with zero attached hydrogens (tertiary/aromatic N) is 3. The van der Waals surface area contributed by atoms with Gasteiger partial charge in [-0.15, -0.1) is 0 Å². The van der Waals surface area contributed by atoms with E-state index in [-0.39, 0.29) is 18.7 Å². The molecular formula is C19H24N4O3S. The van der Waals surface area contributed by atoms with Crippen molar-refractivity contribution in [2.24, 2.45) is 5.92 Å². The van der Waals surface area contributed by atoms with Crippen LogP contribution in [-0.4, -0.2) is 58.2 Å². The molecule has 2 aliphatic rings. The van der Waals surface area contributed by atoms with E-state index in [0.717, 1.165) is 31.5 Å². The van der Waals surface area contributed by atoms with Crippen molar-refractivity contribution >= 4 is 18.1 Å². The summed E-state index contributed by atoms with van der Waals surface area (Å²) in [4.78, 5) is 14.7. The van der Waals surface area contributed by atoms with Crippen LogP contribution in [0.25, 0.3) is 11.4 Å². The maximum atomic E-state index is 12.8. The number of hydrogen-bond acceptors (Lipinski definition) is 5. The second-order valence-corrected chi connectivity index (χ2v) is 7.52. The lowest BCUT2D eigenvalue weighted by Gasteiger charge is -2.34. The van der Waals surface area contributed by atoms with E-state index >= 15 is 0 Å². The molecule has 8 heteroatoms. The molecule has 0 saturated carbocycles. The molecule has 1 amide bonds. The van der Waals surface area contributed by atoms with Gasteiger partial charge in [0.05, 0.1) is 13.2 Å². The first-order valence-corrected chi connectivity index (χ1v) is 9.76. The average molecular weight is 388 g/mol. The molecule has 3 heterocycles. The lowest BCUT2D eigenvalue weighted by Crippen LogP contribution is -2.42. The second-order valence-electron chi connectivity index (χ2n) is 7.13. The maximum Gasteiger partial charge on any atom is 0.242 e. The number of rotatable bonds is 4. The minimum Gasteiger partial charge on any atom is -0.350 e. The Labute approximate surface area is 163 Å². The van der Waals surface area contributed by atoms with E-state index in [1.165, 1.54) is 5.56 Å². The largest absolute Gasteiger partial charge is 0.350 e. The summed E-state index contributed by atoms with van der Waals surface area (Å²) in [5.74, 6) is 1.12. The standard InChI is InChI=1S/C19H24N4O3S/c1-13-2-4-14(5-3-13)17-20-21-19(27)23(17)12-16(24)22-8-6-15(7-9-22)18-25-10-11-26-18/h2-5,15,18H,6-12H2,1H3,(H,21,27). The number of carbonyl (C=O) groups excluding carboxylic acids is 1. The molecule has 0 spiro atoms. The van der Waals surface area contributed by atoms with Gasteiger partial charge < -0.3 is 14.4 Å². The highest BCUT2D eigenvalue weighted by atomic mass is 32.1. The fourth-order valence-electron chi connectivity index (χ4n) is 3.69. The van der Waals surface area contributed by atoms with E-state index in [1.807, 2.05) is 36.1 Å². The number of benzene rings is 1. The zero-order chi connectivity index (χ0) is 18.8. The number of piperidine rings is 1. The highest BCUT2D eigenvalue weighted by molar-refractivity contribution is 7.71. The van der Waals surface area contributed by atoms with Gasteiger partial charge in [0, 0.05) is 24.6 Å². The number of amides is 1. The van der Waals surface area contributed by atoms with Gasteiger partial charge in [-0.2, -0.15) is 5.10 Å². The van der Waals surface area contributed by atoms with Crippen LogP contribution < -0.4 is 0 Å². The van der Waals surface area contributed by atoms with E-state index < -0.39 is 0 Å². The van der Waals surface area contributed by atoms with E-state index in [2.05, 4.69) is 10.2 Å². The Morgan fingerprint density at radius 2 is 1.89 bits per heavy atom. The van der Waals surface area contributed by atoms with Crippen LogP contribution in [0.1, 0.15) is 18.4 Å². The normalized spacial score (nSPS) is 18.9. The third-order valence-corrected chi connectivity index (χ3v) is 5.60. The maximum absolute atomic E-state index is 12.8. The topological polar surface area (TPSA) is 72.4 Å². The van der Waals surface area contributed by atoms with E-state index in [1.54, 1.807) is 4.57 Å². The number of aromatic nitrogens is 3. The quantitative estimate of drug-likeness (QED) is 0.815. The molecule has 1 aromatic heterocycles. The average Bonchev–Trinajstić information content (AvgIpc) is 3.34. The van der Waals surface area contributed by atoms with Crippen molar-refractivity contribution in [3.05, 3.63) is 34.6 Å². The number of aryl methyl sites for hydroxylation is 1. The SMILES string of the molecule is Cc1ccc(-c2n[nH]c(=S)n2CC(=O)N2CCC(C3OCCO3)CC2)cc1. The van der Waals surface area contributed by atoms with Crippen molar-refractivity contribution in [1.29, 1.82) is 0 Å². The van der Waals surface area contributed by atoms with Crippen molar-refractivity contribution < 1.29 is 14.3 Å². The molecule has 0 radical (unpaired) electrons. The molecule has 0 unspecified atom stereocenters. The Kier molecular flexibility index (Phi) is 5.38. The minimum absolute atomic E-state index is 0.0626. The van der Waals surface area contributed by atoms with Gasteiger partial charge in [-0.3, -0.25) is 14.5 Å². The first kappa shape index (κ1) is 18.3. The number of hydrogen-bond donors (Lipinski definition) is 1. The van der Waals surface area contributed by atoms with E-state index in [4.69, 9.17) is 21.7 Å². The molecule has 2 saturated heterocycles. The molecule has 0 atom stereocenters. The van der Waals surface area contributed by atoms with Gasteiger partial charge in [-0.05, 0) is 32.0 Å². The lowest BCUT2D eigenvalue weighted by molar-refractivity contribution is -0.137. The van der Waals surface area contributed by atoms with Crippen LogP contribution in [0, 0.1) is 17.6 Å². The van der Waals surface area contributed by atoms with Gasteiger partial charge in [0.15, 0.2) is 16.9 Å². The zero-order valence-corrected chi connectivity index (χ0v) is 16.2. The Balaban J connectivity index is 1.42. The van der Waals surface area contributed by atoms with Crippen LogP contribution >= 0.6 is 12.2 Å². The van der Waals surface area contributed by atoms with Gasteiger partial charge in [-0.25, -0.2) is 0 Å². The van der Waals surface area contributed by atoms with Gasteiger partial charge in [0.2, 0.25) is 5.91 Å². The summed E-state index contributed by atoms with van der Waals surface area (Å²) < 4.78 is 13.4. The van der Waals surface area contributed by atoms with Gasteiger partial charge >= 0.3 is 0 Å². The van der Waals surface area contributed by atoms with Crippen LogP contribution in [0.3, 0.4) is 0 Å². The summed E-state index contributed by atoms with van der Waals surface area (Å²) >= 11 is 5.35. The van der Waals surface area contributed by atoms with Crippen molar-refractivity contribution in [3.63, 3.8) is 0 Å². The van der Waals surface area contributed by atoms with E-state index in [9.17, 15) is 4.79 Å². The van der Waals surface area contributed by atoms with Crippen LogP contribution in [-0.2, 0) is 20.8 Å². The van der Waals surface area contributed by atoms with Gasteiger partial charge in [-0.1, -0.05) is 29.8 Å². The Morgan fingerprint density at radius 3 is 2.56 bits per heavy atom. The number of carbonyl (C=O) groups is 1. The molecule has 144 valence electrons. The predicted molar refractivity (Wildman–Crippen MR) is 103 cm³/mol. The molecule has 2 aliphatic heterocycles. The molecule has 2 fully saturated rings. The molecule has 4 rings (SSSR count). The summed E-state index contributed by atoms with van der Waals surface area (Å²) in [7, 11) is 0. The summed E-state index contributed by atoms with van der Waals surface area (Å²) in [6, 6.07) is 8.04. The fourth-order valence-corrected chi connectivity index (χ4v) is 3.89. The van der Waals surface area contributed by atoms with Crippen LogP contribution in [0.5, 0.6) is 0 Å². The smallest absolute Gasteiger partial charge is 0.242 e. The van der Waals surface area contributed by atoms with Crippen molar-refractivity contribution in [3.8, 4) is 11.4 Å². The molecule has 27 heavy (non-hydrogen) atoms. The summed E-state index contributed by atoms with van der Waals surface area (Å²) in [6.07, 6.45) is 1.70. The number of likely N-dealkylation sites (tertiary alicyclic amines) is 1. The summed E-state index contributed by atoms with van der Waals surface area (Å²) in [6.45, 7) is 5.01. The zero-order valence-electron chi connectivity index (χ0n) is 15.4. The van der Waals surface area contributed by atoms with Crippen molar-refractivity contribution in [2.45, 2.75) is 32.6 Å². The minimum atomic E-state index is -0.0992. The molecule has 0 aliphatic carbocycles. The first-order valence-electron chi connectivity index (χ1n) is 9.35. The molecule has 1 N–H and O–H groups in total. The third kappa shape index (κ3) is 3.97. The third-order valence-electron chi connectivity index (χ3n) is 5.29. The van der Waals surface area contributed by atoms with Crippen molar-refractivity contribution in [2.75, 3.05) is 26.3 Å². The highest BCUT2D eigenvalue weighted by Crippen LogP contribution is 2.26. The molecule has 1 aromatic carbocycles. The highest BCUT2D eigenvalue weighted by Gasteiger charge is 2.32. The number of H-pyrrole nitrogens is 1. The Bertz CT molecular complexity index is 847. The lowest BCUT2D eigenvalue weighted by atomic mass is 9.96. The molecule has 0 bridgehead atoms. The predicted octanol–water partition coefficient (Wildman–Crippen LogP) is 2.53. The van der Waals surface area contributed by atoms with Crippen molar-refractivity contribution in [1.82, 2.24) is 19.7 Å². The molecule has 2 aromatic rings. The van der Waals surface area contributed by atoms with Gasteiger partial charge in [0.1, 0.15) is 6.54 Å². The fraction of sp³-hybridized carbons (Fsp3) is 0.526.